The van der Waals surface area contributed by atoms with Crippen molar-refractivity contribution in [1.29, 1.82) is 5.26 Å². The van der Waals surface area contributed by atoms with Gasteiger partial charge in [-0.1, -0.05) is 12.1 Å². The molecular weight excluding hydrogens is 314 g/mol. The summed E-state index contributed by atoms with van der Waals surface area (Å²) in [6, 6.07) is 19.6. The molecule has 25 heavy (non-hydrogen) atoms. The number of nitriles is 1. The van der Waals surface area contributed by atoms with Crippen LogP contribution in [-0.4, -0.2) is 15.8 Å². The molecule has 3 rings (SSSR count). The number of pyridine rings is 2. The summed E-state index contributed by atoms with van der Waals surface area (Å²) in [4.78, 5) is 20.8. The minimum atomic E-state index is -0.915. The summed E-state index contributed by atoms with van der Waals surface area (Å²) in [5.74, 6) is -0.562. The van der Waals surface area contributed by atoms with Crippen LogP contribution in [-0.2, 0) is 6.61 Å². The normalized spacial score (nSPS) is 11.3. The number of ketones is 1. The van der Waals surface area contributed by atoms with Crippen molar-refractivity contribution in [2.75, 3.05) is 0 Å². The Kier molecular flexibility index (Phi) is 5.13. The number of carbonyl (C=O) groups excluding carboxylic acids is 1. The predicted molar refractivity (Wildman–Crippen MR) is 91.9 cm³/mol. The number of hydrogen-bond donors (Lipinski definition) is 0. The van der Waals surface area contributed by atoms with Gasteiger partial charge in [0.15, 0.2) is 11.7 Å². The first-order valence-corrected chi connectivity index (χ1v) is 7.75. The number of Topliss-reactive ketones (excluding diaryl/α,β-unsaturated/α-hetero) is 1. The van der Waals surface area contributed by atoms with E-state index in [1.165, 1.54) is 0 Å². The number of carbonyl (C=O) groups is 1. The highest BCUT2D eigenvalue weighted by molar-refractivity contribution is 6.02. The first-order valence-electron chi connectivity index (χ1n) is 7.75. The molecular formula is C20H15N3O2. The van der Waals surface area contributed by atoms with E-state index in [0.29, 0.717) is 23.6 Å². The fourth-order valence-corrected chi connectivity index (χ4v) is 2.33. The second-order valence-electron chi connectivity index (χ2n) is 5.32. The zero-order valence-electron chi connectivity index (χ0n) is 13.4. The van der Waals surface area contributed by atoms with Gasteiger partial charge in [-0.2, -0.15) is 5.26 Å². The molecule has 0 amide bonds. The standard InChI is InChI=1S/C20H15N3O2/c21-13-18(19-6-2-4-12-23-19)20(24)15-7-9-17(10-8-15)25-14-16-5-1-3-11-22-16/h1-12,18H,14H2. The van der Waals surface area contributed by atoms with Gasteiger partial charge in [-0.05, 0) is 48.5 Å². The van der Waals surface area contributed by atoms with E-state index < -0.39 is 5.92 Å². The van der Waals surface area contributed by atoms with Crippen LogP contribution in [0.15, 0.2) is 73.1 Å². The molecule has 2 aromatic heterocycles. The summed E-state index contributed by atoms with van der Waals surface area (Å²) in [6.07, 6.45) is 3.28. The van der Waals surface area contributed by atoms with Crippen molar-refractivity contribution in [3.63, 3.8) is 0 Å². The van der Waals surface area contributed by atoms with Crippen molar-refractivity contribution in [3.8, 4) is 11.8 Å². The lowest BCUT2D eigenvalue weighted by Crippen LogP contribution is -2.12. The Morgan fingerprint density at radius 1 is 1.00 bits per heavy atom. The van der Waals surface area contributed by atoms with E-state index in [4.69, 9.17) is 4.74 Å². The highest BCUT2D eigenvalue weighted by atomic mass is 16.5. The van der Waals surface area contributed by atoms with Gasteiger partial charge >= 0.3 is 0 Å². The Morgan fingerprint density at radius 2 is 1.72 bits per heavy atom. The number of hydrogen-bond acceptors (Lipinski definition) is 5. The molecule has 2 heterocycles. The monoisotopic (exact) mass is 329 g/mol. The van der Waals surface area contributed by atoms with Crippen LogP contribution in [0.3, 0.4) is 0 Å². The van der Waals surface area contributed by atoms with Crippen molar-refractivity contribution in [1.82, 2.24) is 9.97 Å². The Balaban J connectivity index is 1.69. The average Bonchev–Trinajstić information content (AvgIpc) is 2.69. The van der Waals surface area contributed by atoms with E-state index in [1.807, 2.05) is 24.3 Å². The van der Waals surface area contributed by atoms with Crippen LogP contribution in [0.25, 0.3) is 0 Å². The second kappa shape index (κ2) is 7.84. The van der Waals surface area contributed by atoms with Gasteiger partial charge in [0, 0.05) is 18.0 Å². The van der Waals surface area contributed by atoms with E-state index in [2.05, 4.69) is 9.97 Å². The molecule has 0 aliphatic heterocycles. The molecule has 1 aromatic carbocycles. The van der Waals surface area contributed by atoms with E-state index in [1.54, 1.807) is 54.9 Å². The number of ether oxygens (including phenoxy) is 1. The third-order valence-electron chi connectivity index (χ3n) is 3.63. The Labute approximate surface area is 145 Å². The molecule has 0 aliphatic rings. The molecule has 0 spiro atoms. The number of rotatable bonds is 6. The predicted octanol–water partition coefficient (Wildman–Crippen LogP) is 3.55. The molecule has 0 N–H and O–H groups in total. The van der Waals surface area contributed by atoms with Crippen LogP contribution in [0, 0.1) is 11.3 Å². The zero-order valence-corrected chi connectivity index (χ0v) is 13.4. The summed E-state index contributed by atoms with van der Waals surface area (Å²) < 4.78 is 5.65. The summed E-state index contributed by atoms with van der Waals surface area (Å²) in [7, 11) is 0. The molecule has 5 heteroatoms. The van der Waals surface area contributed by atoms with Crippen LogP contribution in [0.2, 0.25) is 0 Å². The lowest BCUT2D eigenvalue weighted by molar-refractivity contribution is 0.0977. The third-order valence-corrected chi connectivity index (χ3v) is 3.63. The fourth-order valence-electron chi connectivity index (χ4n) is 2.33. The summed E-state index contributed by atoms with van der Waals surface area (Å²) in [5.41, 5.74) is 1.72. The number of nitrogens with zero attached hydrogens (tertiary/aromatic N) is 3. The third kappa shape index (κ3) is 4.06. The van der Waals surface area contributed by atoms with Crippen LogP contribution in [0.4, 0.5) is 0 Å². The van der Waals surface area contributed by atoms with Crippen LogP contribution in [0.1, 0.15) is 27.7 Å². The fraction of sp³-hybridized carbons (Fsp3) is 0.100. The Hall–Kier alpha value is -3.52. The molecule has 3 aromatic rings. The zero-order chi connectivity index (χ0) is 17.5. The SMILES string of the molecule is N#CC(C(=O)c1ccc(OCc2ccccn2)cc1)c1ccccn1. The molecule has 0 saturated carbocycles. The van der Waals surface area contributed by atoms with Gasteiger partial charge in [0.05, 0.1) is 17.5 Å². The Morgan fingerprint density at radius 3 is 2.32 bits per heavy atom. The quantitative estimate of drug-likeness (QED) is 0.646. The second-order valence-corrected chi connectivity index (χ2v) is 5.32. The van der Waals surface area contributed by atoms with Gasteiger partial charge in [-0.15, -0.1) is 0 Å². The minimum Gasteiger partial charge on any atom is -0.487 e. The minimum absolute atomic E-state index is 0.280. The molecule has 0 radical (unpaired) electrons. The maximum absolute atomic E-state index is 12.6. The van der Waals surface area contributed by atoms with Gasteiger partial charge < -0.3 is 4.74 Å². The molecule has 122 valence electrons. The highest BCUT2D eigenvalue weighted by Gasteiger charge is 2.22. The van der Waals surface area contributed by atoms with Crippen molar-refractivity contribution >= 4 is 5.78 Å². The van der Waals surface area contributed by atoms with Crippen LogP contribution >= 0.6 is 0 Å². The van der Waals surface area contributed by atoms with Gasteiger partial charge in [0.1, 0.15) is 12.4 Å². The molecule has 0 aliphatic carbocycles. The van der Waals surface area contributed by atoms with Crippen molar-refractivity contribution < 1.29 is 9.53 Å². The van der Waals surface area contributed by atoms with Crippen molar-refractivity contribution in [2.45, 2.75) is 12.5 Å². The average molecular weight is 329 g/mol. The van der Waals surface area contributed by atoms with E-state index >= 15 is 0 Å². The van der Waals surface area contributed by atoms with Gasteiger partial charge in [0.25, 0.3) is 0 Å². The van der Waals surface area contributed by atoms with E-state index in [9.17, 15) is 10.1 Å². The van der Waals surface area contributed by atoms with Gasteiger partial charge in [-0.3, -0.25) is 14.8 Å². The topological polar surface area (TPSA) is 75.9 Å². The lowest BCUT2D eigenvalue weighted by atomic mass is 9.95. The molecule has 0 bridgehead atoms. The van der Waals surface area contributed by atoms with Gasteiger partial charge in [-0.25, -0.2) is 0 Å². The summed E-state index contributed by atoms with van der Waals surface area (Å²) >= 11 is 0. The maximum atomic E-state index is 12.6. The first kappa shape index (κ1) is 16.3. The maximum Gasteiger partial charge on any atom is 0.186 e. The van der Waals surface area contributed by atoms with Gasteiger partial charge in [0.2, 0.25) is 0 Å². The van der Waals surface area contributed by atoms with Crippen LogP contribution in [0.5, 0.6) is 5.75 Å². The molecule has 0 fully saturated rings. The largest absolute Gasteiger partial charge is 0.487 e. The van der Waals surface area contributed by atoms with Crippen LogP contribution < -0.4 is 4.74 Å². The number of aromatic nitrogens is 2. The smallest absolute Gasteiger partial charge is 0.186 e. The first-order chi connectivity index (χ1) is 12.3. The molecule has 1 atom stereocenters. The van der Waals surface area contributed by atoms with Crippen molar-refractivity contribution in [3.05, 3.63) is 90.0 Å². The lowest BCUT2D eigenvalue weighted by Gasteiger charge is -2.09. The summed E-state index contributed by atoms with van der Waals surface area (Å²) in [5, 5.41) is 9.33. The highest BCUT2D eigenvalue weighted by Crippen LogP contribution is 2.21. The summed E-state index contributed by atoms with van der Waals surface area (Å²) in [6.45, 7) is 0.350. The molecule has 5 nitrogen and oxygen atoms in total. The molecule has 1 unspecified atom stereocenters. The number of benzene rings is 1. The van der Waals surface area contributed by atoms with E-state index in [-0.39, 0.29) is 5.78 Å². The van der Waals surface area contributed by atoms with Crippen molar-refractivity contribution in [2.24, 2.45) is 0 Å². The molecule has 0 saturated heterocycles. The van der Waals surface area contributed by atoms with E-state index in [0.717, 1.165) is 5.69 Å². The Bertz CT molecular complexity index is 872.